The fraction of sp³-hybridized carbons (Fsp3) is 0.276. The predicted molar refractivity (Wildman–Crippen MR) is 148 cm³/mol. The third-order valence-corrected chi connectivity index (χ3v) is 7.51. The van der Waals surface area contributed by atoms with E-state index in [9.17, 15) is 15.0 Å². The summed E-state index contributed by atoms with van der Waals surface area (Å²) in [7, 11) is 0. The van der Waals surface area contributed by atoms with Crippen molar-refractivity contribution in [2.24, 2.45) is 0 Å². The fourth-order valence-electron chi connectivity index (χ4n) is 5.04. The monoisotopic (exact) mass is 518 g/mol. The third kappa shape index (κ3) is 5.24. The number of piperazine rings is 1. The molecule has 3 unspecified atom stereocenters. The van der Waals surface area contributed by atoms with Crippen molar-refractivity contribution in [1.82, 2.24) is 4.90 Å². The van der Waals surface area contributed by atoms with Gasteiger partial charge in [-0.25, -0.2) is 0 Å². The van der Waals surface area contributed by atoms with E-state index in [0.717, 1.165) is 55.1 Å². The van der Waals surface area contributed by atoms with Gasteiger partial charge < -0.3 is 29.8 Å². The van der Waals surface area contributed by atoms with Crippen LogP contribution in [0.5, 0.6) is 5.75 Å². The van der Waals surface area contributed by atoms with Crippen molar-refractivity contribution < 1.29 is 15.0 Å². The molecule has 7 nitrogen and oxygen atoms in total. The van der Waals surface area contributed by atoms with Crippen LogP contribution in [0.2, 0.25) is 5.02 Å². The number of hydrogen-bond acceptors (Lipinski definition) is 7. The molecule has 0 aliphatic carbocycles. The lowest BCUT2D eigenvalue weighted by molar-refractivity contribution is -0.112. The van der Waals surface area contributed by atoms with Crippen molar-refractivity contribution in [3.63, 3.8) is 0 Å². The minimum absolute atomic E-state index is 0.280. The Morgan fingerprint density at radius 2 is 1.32 bits per heavy atom. The molecule has 192 valence electrons. The van der Waals surface area contributed by atoms with E-state index in [1.54, 1.807) is 36.4 Å². The maximum atomic E-state index is 12.1. The summed E-state index contributed by atoms with van der Waals surface area (Å²) in [4.78, 5) is 20.6. The normalized spacial score (nSPS) is 19.3. The minimum Gasteiger partial charge on any atom is -0.508 e. The van der Waals surface area contributed by atoms with Crippen LogP contribution in [-0.2, 0) is 4.79 Å². The van der Waals surface area contributed by atoms with Crippen molar-refractivity contribution in [2.75, 3.05) is 40.9 Å². The molecule has 8 heteroatoms. The molecule has 37 heavy (non-hydrogen) atoms. The van der Waals surface area contributed by atoms with Crippen LogP contribution >= 0.6 is 11.6 Å². The highest BCUT2D eigenvalue weighted by Gasteiger charge is 2.33. The molecular formula is C29H31ClN4O3. The van der Waals surface area contributed by atoms with Crippen molar-refractivity contribution in [1.29, 1.82) is 0 Å². The first-order chi connectivity index (χ1) is 17.9. The molecule has 0 bridgehead atoms. The van der Waals surface area contributed by atoms with Gasteiger partial charge in [0.25, 0.3) is 0 Å². The number of aliphatic hydroxyl groups is 1. The first-order valence-electron chi connectivity index (χ1n) is 12.5. The fourth-order valence-corrected chi connectivity index (χ4v) is 5.17. The number of benzene rings is 3. The number of aromatic hydroxyl groups is 1. The van der Waals surface area contributed by atoms with Crippen LogP contribution in [0.1, 0.15) is 18.6 Å². The number of phenolic OH excluding ortho intramolecular Hbond substituents is 1. The molecule has 2 N–H and O–H groups in total. The van der Waals surface area contributed by atoms with Crippen molar-refractivity contribution >= 4 is 34.9 Å². The Morgan fingerprint density at radius 3 is 1.86 bits per heavy atom. The molecule has 3 atom stereocenters. The summed E-state index contributed by atoms with van der Waals surface area (Å²) in [5, 5.41) is 21.1. The summed E-state index contributed by atoms with van der Waals surface area (Å²) in [6, 6.07) is 22.4. The Morgan fingerprint density at radius 1 is 0.811 bits per heavy atom. The van der Waals surface area contributed by atoms with Crippen LogP contribution < -0.4 is 14.7 Å². The molecule has 0 amide bonds. The molecule has 0 aromatic heterocycles. The van der Waals surface area contributed by atoms with E-state index in [0.29, 0.717) is 5.02 Å². The largest absolute Gasteiger partial charge is 0.508 e. The zero-order valence-electron chi connectivity index (χ0n) is 20.7. The molecule has 2 aliphatic rings. The molecule has 5 rings (SSSR count). The van der Waals surface area contributed by atoms with Crippen molar-refractivity contribution in [3.8, 4) is 5.75 Å². The van der Waals surface area contributed by atoms with Gasteiger partial charge in [-0.15, -0.1) is 0 Å². The van der Waals surface area contributed by atoms with Gasteiger partial charge in [-0.05, 0) is 73.2 Å². The van der Waals surface area contributed by atoms with Gasteiger partial charge in [-0.2, -0.15) is 0 Å². The average Bonchev–Trinajstić information content (AvgIpc) is 3.37. The number of aliphatic hydroxyl groups excluding tert-OH is 1. The zero-order chi connectivity index (χ0) is 25.9. The van der Waals surface area contributed by atoms with Crippen LogP contribution in [0.4, 0.5) is 17.1 Å². The highest BCUT2D eigenvalue weighted by molar-refractivity contribution is 6.30. The Balaban J connectivity index is 1.22. The second-order valence-electron chi connectivity index (χ2n) is 9.45. The number of carbonyl (C=O) groups is 1. The van der Waals surface area contributed by atoms with E-state index in [1.165, 1.54) is 0 Å². The molecule has 3 aromatic rings. The number of aldehydes is 1. The van der Waals surface area contributed by atoms with Crippen LogP contribution in [0.25, 0.3) is 0 Å². The highest BCUT2D eigenvalue weighted by Crippen LogP contribution is 2.31. The number of nitrogens with zero attached hydrogens (tertiary/aromatic N) is 4. The Labute approximate surface area is 222 Å². The number of rotatable bonds is 7. The summed E-state index contributed by atoms with van der Waals surface area (Å²) >= 11 is 5.98. The molecule has 1 saturated heterocycles. The van der Waals surface area contributed by atoms with Crippen LogP contribution in [0.3, 0.4) is 0 Å². The van der Waals surface area contributed by atoms with Crippen LogP contribution in [-0.4, -0.2) is 59.8 Å². The third-order valence-electron chi connectivity index (χ3n) is 7.26. The number of phenols is 1. The zero-order valence-corrected chi connectivity index (χ0v) is 21.4. The van der Waals surface area contributed by atoms with E-state index in [-0.39, 0.29) is 11.8 Å². The summed E-state index contributed by atoms with van der Waals surface area (Å²) in [5.74, 6) is 0.280. The van der Waals surface area contributed by atoms with E-state index in [1.807, 2.05) is 53.4 Å². The number of carbonyl (C=O) groups excluding carboxylic acids is 1. The van der Waals surface area contributed by atoms with E-state index >= 15 is 0 Å². The van der Waals surface area contributed by atoms with Gasteiger partial charge in [0.1, 0.15) is 5.75 Å². The lowest BCUT2D eigenvalue weighted by Gasteiger charge is -2.38. The smallest absolute Gasteiger partial charge is 0.163 e. The Bertz CT molecular complexity index is 1230. The summed E-state index contributed by atoms with van der Waals surface area (Å²) in [6.45, 7) is 5.50. The van der Waals surface area contributed by atoms with Gasteiger partial charge in [0.15, 0.2) is 12.5 Å². The highest BCUT2D eigenvalue weighted by atomic mass is 35.5. The standard InChI is InChI=1S/C29H31ClN4O3/c1-21(29(37)22-2-4-23(30)5-3-22)33-18-19-34(28(33)20-35)26-8-6-24(7-9-26)31-14-16-32(17-15-31)25-10-12-27(36)13-11-25/h2-13,18-21,28-29,36-37H,14-17H2,1H3. The molecule has 0 spiro atoms. The van der Waals surface area contributed by atoms with Gasteiger partial charge in [0.2, 0.25) is 0 Å². The molecule has 0 saturated carbocycles. The first-order valence-corrected chi connectivity index (χ1v) is 12.8. The second-order valence-corrected chi connectivity index (χ2v) is 9.88. The number of halogens is 1. The van der Waals surface area contributed by atoms with E-state index in [4.69, 9.17) is 11.6 Å². The lowest BCUT2D eigenvalue weighted by atomic mass is 10.0. The van der Waals surface area contributed by atoms with E-state index < -0.39 is 12.3 Å². The topological polar surface area (TPSA) is 70.5 Å². The second kappa shape index (κ2) is 10.7. The maximum absolute atomic E-state index is 12.1. The van der Waals surface area contributed by atoms with Crippen LogP contribution in [0, 0.1) is 0 Å². The average molecular weight is 519 g/mol. The van der Waals surface area contributed by atoms with Gasteiger partial charge in [-0.1, -0.05) is 23.7 Å². The summed E-state index contributed by atoms with van der Waals surface area (Å²) in [6.07, 6.45) is 3.33. The Hall–Kier alpha value is -3.68. The SMILES string of the molecule is CC(C(O)c1ccc(Cl)cc1)N1C=CN(c2ccc(N3CCN(c4ccc(O)cc4)CC3)cc2)C1C=O. The molecule has 3 aromatic carbocycles. The summed E-state index contributed by atoms with van der Waals surface area (Å²) < 4.78 is 0. The van der Waals surface area contributed by atoms with E-state index in [2.05, 4.69) is 21.9 Å². The van der Waals surface area contributed by atoms with Crippen molar-refractivity contribution in [3.05, 3.63) is 95.8 Å². The lowest BCUT2D eigenvalue weighted by Crippen LogP contribution is -2.46. The quantitative estimate of drug-likeness (QED) is 0.442. The van der Waals surface area contributed by atoms with Gasteiger partial charge in [0.05, 0.1) is 12.1 Å². The summed E-state index contributed by atoms with van der Waals surface area (Å²) in [5.41, 5.74) is 3.93. The maximum Gasteiger partial charge on any atom is 0.163 e. The molecule has 0 radical (unpaired) electrons. The Kier molecular flexibility index (Phi) is 7.26. The first kappa shape index (κ1) is 25.0. The van der Waals surface area contributed by atoms with Gasteiger partial charge in [0, 0.05) is 60.7 Å². The van der Waals surface area contributed by atoms with Crippen LogP contribution in [0.15, 0.2) is 85.2 Å². The van der Waals surface area contributed by atoms with Crippen molar-refractivity contribution in [2.45, 2.75) is 25.2 Å². The number of hydrogen-bond donors (Lipinski definition) is 2. The molecular weight excluding hydrogens is 488 g/mol. The van der Waals surface area contributed by atoms with Gasteiger partial charge in [-0.3, -0.25) is 4.79 Å². The van der Waals surface area contributed by atoms with Gasteiger partial charge >= 0.3 is 0 Å². The predicted octanol–water partition coefficient (Wildman–Crippen LogP) is 4.61. The number of anilines is 3. The molecule has 1 fully saturated rings. The minimum atomic E-state index is -0.771. The molecule has 2 heterocycles. The molecule has 2 aliphatic heterocycles.